The van der Waals surface area contributed by atoms with Crippen LogP contribution in [0, 0.1) is 13.8 Å². The molecule has 4 nitrogen and oxygen atoms in total. The first kappa shape index (κ1) is 14.0. The summed E-state index contributed by atoms with van der Waals surface area (Å²) >= 11 is 3.32. The number of benzene rings is 1. The highest BCUT2D eigenvalue weighted by Crippen LogP contribution is 2.26. The lowest BCUT2D eigenvalue weighted by molar-refractivity contribution is 0.475. The second-order valence-electron chi connectivity index (χ2n) is 4.07. The number of hydrogen-bond acceptors (Lipinski definition) is 4. The van der Waals surface area contributed by atoms with Crippen molar-refractivity contribution in [3.8, 4) is 5.88 Å². The zero-order valence-corrected chi connectivity index (χ0v) is 12.8. The van der Waals surface area contributed by atoms with Crippen LogP contribution < -0.4 is 4.18 Å². The van der Waals surface area contributed by atoms with Crippen LogP contribution in [-0.2, 0) is 10.1 Å². The van der Waals surface area contributed by atoms with Crippen LogP contribution in [0.5, 0.6) is 5.88 Å². The Kier molecular flexibility index (Phi) is 3.91. The van der Waals surface area contributed by atoms with Gasteiger partial charge < -0.3 is 4.18 Å². The summed E-state index contributed by atoms with van der Waals surface area (Å²) in [5, 5.41) is 0. The summed E-state index contributed by atoms with van der Waals surface area (Å²) in [6.45, 7) is 3.63. The first-order valence-electron chi connectivity index (χ1n) is 5.52. The molecule has 0 aliphatic carbocycles. The van der Waals surface area contributed by atoms with Gasteiger partial charge in [0.1, 0.15) is 4.90 Å². The average Bonchev–Trinajstić information content (AvgIpc) is 2.34. The van der Waals surface area contributed by atoms with E-state index in [0.29, 0.717) is 5.56 Å². The smallest absolute Gasteiger partial charge is 0.341 e. The van der Waals surface area contributed by atoms with Crippen LogP contribution in [0.25, 0.3) is 0 Å². The predicted octanol–water partition coefficient (Wildman–Crippen LogP) is 3.23. The monoisotopic (exact) mass is 341 g/mol. The van der Waals surface area contributed by atoms with Crippen molar-refractivity contribution in [3.05, 3.63) is 52.1 Å². The molecular formula is C13H12BrNO3S. The van der Waals surface area contributed by atoms with Crippen LogP contribution >= 0.6 is 15.9 Å². The minimum absolute atomic E-state index is 0.0543. The third-order valence-electron chi connectivity index (χ3n) is 2.56. The number of hydrogen-bond donors (Lipinski definition) is 0. The Morgan fingerprint density at radius 1 is 1.16 bits per heavy atom. The van der Waals surface area contributed by atoms with Gasteiger partial charge in [0.25, 0.3) is 0 Å². The van der Waals surface area contributed by atoms with Gasteiger partial charge in [-0.3, -0.25) is 0 Å². The van der Waals surface area contributed by atoms with Gasteiger partial charge in [-0.1, -0.05) is 28.1 Å². The summed E-state index contributed by atoms with van der Waals surface area (Å²) in [7, 11) is -3.88. The molecule has 6 heteroatoms. The lowest BCUT2D eigenvalue weighted by atomic mass is 10.2. The quantitative estimate of drug-likeness (QED) is 0.804. The number of halogens is 1. The summed E-state index contributed by atoms with van der Waals surface area (Å²) in [4.78, 5) is 3.98. The molecule has 1 aromatic carbocycles. The van der Waals surface area contributed by atoms with E-state index >= 15 is 0 Å². The van der Waals surface area contributed by atoms with E-state index in [0.717, 1.165) is 10.0 Å². The highest BCUT2D eigenvalue weighted by Gasteiger charge is 2.21. The first-order valence-corrected chi connectivity index (χ1v) is 7.72. The highest BCUT2D eigenvalue weighted by atomic mass is 79.9. The minimum Gasteiger partial charge on any atom is -0.358 e. The number of aryl methyl sites for hydroxylation is 2. The number of pyridine rings is 1. The molecule has 1 aromatic heterocycles. The molecule has 0 amide bonds. The van der Waals surface area contributed by atoms with Crippen molar-refractivity contribution in [2.24, 2.45) is 0 Å². The van der Waals surface area contributed by atoms with Gasteiger partial charge >= 0.3 is 10.1 Å². The van der Waals surface area contributed by atoms with Gasteiger partial charge in [-0.15, -0.1) is 0 Å². The normalized spacial score (nSPS) is 11.3. The Labute approximate surface area is 120 Å². The fourth-order valence-corrected chi connectivity index (χ4v) is 3.25. The van der Waals surface area contributed by atoms with E-state index in [1.54, 1.807) is 31.2 Å². The van der Waals surface area contributed by atoms with Gasteiger partial charge in [0, 0.05) is 16.7 Å². The lowest BCUT2D eigenvalue weighted by Crippen LogP contribution is -2.12. The van der Waals surface area contributed by atoms with Crippen LogP contribution in [0.15, 0.2) is 45.9 Å². The maximum Gasteiger partial charge on any atom is 0.341 e. The van der Waals surface area contributed by atoms with E-state index < -0.39 is 10.1 Å². The van der Waals surface area contributed by atoms with E-state index in [1.165, 1.54) is 12.3 Å². The largest absolute Gasteiger partial charge is 0.358 e. The van der Waals surface area contributed by atoms with Crippen molar-refractivity contribution in [1.29, 1.82) is 0 Å². The topological polar surface area (TPSA) is 56.3 Å². The summed E-state index contributed by atoms with van der Waals surface area (Å²) in [5.41, 5.74) is 1.60. The Balaban J connectivity index is 2.43. The molecule has 1 heterocycles. The SMILES string of the molecule is Cc1cc(C)c(S(=O)(=O)Oc2ccccn2)cc1Br. The first-order chi connectivity index (χ1) is 8.90. The molecule has 19 heavy (non-hydrogen) atoms. The Morgan fingerprint density at radius 2 is 1.89 bits per heavy atom. The standard InChI is InChI=1S/C13H12BrNO3S/c1-9-7-10(2)12(8-11(9)14)19(16,17)18-13-5-3-4-6-15-13/h3-8H,1-2H3. The Hall–Kier alpha value is -1.40. The van der Waals surface area contributed by atoms with Crippen molar-refractivity contribution in [3.63, 3.8) is 0 Å². The van der Waals surface area contributed by atoms with Gasteiger partial charge in [0.15, 0.2) is 0 Å². The zero-order chi connectivity index (χ0) is 14.0. The van der Waals surface area contributed by atoms with Crippen molar-refractivity contribution in [1.82, 2.24) is 4.98 Å². The third kappa shape index (κ3) is 3.13. The minimum atomic E-state index is -3.88. The van der Waals surface area contributed by atoms with E-state index in [1.807, 2.05) is 6.92 Å². The lowest BCUT2D eigenvalue weighted by Gasteiger charge is -2.10. The molecule has 0 N–H and O–H groups in total. The summed E-state index contributed by atoms with van der Waals surface area (Å²) in [6.07, 6.45) is 1.47. The van der Waals surface area contributed by atoms with Crippen LogP contribution in [-0.4, -0.2) is 13.4 Å². The molecule has 0 saturated carbocycles. The maximum atomic E-state index is 12.2. The zero-order valence-electron chi connectivity index (χ0n) is 10.4. The summed E-state index contributed by atoms with van der Waals surface area (Å²) in [5.74, 6) is 0.0543. The van der Waals surface area contributed by atoms with Crippen LogP contribution in [0.1, 0.15) is 11.1 Å². The van der Waals surface area contributed by atoms with Gasteiger partial charge in [-0.05, 0) is 37.1 Å². The number of aromatic nitrogens is 1. The second-order valence-corrected chi connectivity index (χ2v) is 6.44. The van der Waals surface area contributed by atoms with Crippen molar-refractivity contribution >= 4 is 26.0 Å². The average molecular weight is 342 g/mol. The molecule has 0 unspecified atom stereocenters. The van der Waals surface area contributed by atoms with Crippen molar-refractivity contribution in [2.75, 3.05) is 0 Å². The molecule has 0 bridgehead atoms. The van der Waals surface area contributed by atoms with Gasteiger partial charge in [0.2, 0.25) is 5.88 Å². The van der Waals surface area contributed by atoms with Crippen LogP contribution in [0.2, 0.25) is 0 Å². The van der Waals surface area contributed by atoms with Crippen molar-refractivity contribution < 1.29 is 12.6 Å². The molecule has 0 aliphatic heterocycles. The Morgan fingerprint density at radius 3 is 2.53 bits per heavy atom. The molecule has 0 radical (unpaired) electrons. The third-order valence-corrected chi connectivity index (χ3v) is 4.78. The van der Waals surface area contributed by atoms with E-state index in [-0.39, 0.29) is 10.8 Å². The molecule has 100 valence electrons. The predicted molar refractivity (Wildman–Crippen MR) is 75.7 cm³/mol. The maximum absolute atomic E-state index is 12.2. The molecule has 0 aliphatic rings. The molecule has 0 fully saturated rings. The number of rotatable bonds is 3. The molecule has 0 spiro atoms. The highest BCUT2D eigenvalue weighted by molar-refractivity contribution is 9.10. The Bertz CT molecular complexity index is 699. The van der Waals surface area contributed by atoms with Gasteiger partial charge in [-0.2, -0.15) is 8.42 Å². The van der Waals surface area contributed by atoms with Gasteiger partial charge in [0.05, 0.1) is 0 Å². The molecule has 0 atom stereocenters. The molecule has 2 rings (SSSR count). The number of nitrogens with zero attached hydrogens (tertiary/aromatic N) is 1. The molecular weight excluding hydrogens is 330 g/mol. The summed E-state index contributed by atoms with van der Waals surface area (Å²) in [6, 6.07) is 8.18. The van der Waals surface area contributed by atoms with E-state index in [4.69, 9.17) is 4.18 Å². The molecule has 0 saturated heterocycles. The second kappa shape index (κ2) is 5.30. The van der Waals surface area contributed by atoms with Crippen LogP contribution in [0.3, 0.4) is 0 Å². The fourth-order valence-electron chi connectivity index (χ4n) is 1.63. The van der Waals surface area contributed by atoms with E-state index in [2.05, 4.69) is 20.9 Å². The van der Waals surface area contributed by atoms with Crippen molar-refractivity contribution in [2.45, 2.75) is 18.7 Å². The molecule has 2 aromatic rings. The van der Waals surface area contributed by atoms with Gasteiger partial charge in [-0.25, -0.2) is 4.98 Å². The van der Waals surface area contributed by atoms with Crippen LogP contribution in [0.4, 0.5) is 0 Å². The summed E-state index contributed by atoms with van der Waals surface area (Å²) < 4.78 is 30.1. The van der Waals surface area contributed by atoms with E-state index in [9.17, 15) is 8.42 Å². The fraction of sp³-hybridized carbons (Fsp3) is 0.154.